The molecule has 0 saturated carbocycles. The topological polar surface area (TPSA) is 23.6 Å². The Morgan fingerprint density at radius 2 is 2.05 bits per heavy atom. The Balaban J connectivity index is 1.90. The molecule has 110 valence electrons. The molecule has 1 aromatic rings. The standard InChI is InChI=1S/C17H26N2O/c1-4-19(13-16-9-10-18(3)11-16)12-15-5-7-17(8-6-15)14(2)20/h5-8,16H,4,9-13H2,1-3H3/t16-/m1/s1. The van der Waals surface area contributed by atoms with Crippen LogP contribution in [0.25, 0.3) is 0 Å². The number of likely N-dealkylation sites (tertiary alicyclic amines) is 1. The Kier molecular flexibility index (Phi) is 5.32. The highest BCUT2D eigenvalue weighted by Gasteiger charge is 2.21. The maximum absolute atomic E-state index is 11.3. The summed E-state index contributed by atoms with van der Waals surface area (Å²) in [6.07, 6.45) is 1.32. The summed E-state index contributed by atoms with van der Waals surface area (Å²) < 4.78 is 0. The number of ketones is 1. The van der Waals surface area contributed by atoms with Crippen LogP contribution in [0, 0.1) is 5.92 Å². The number of hydrogen-bond donors (Lipinski definition) is 0. The molecule has 1 aliphatic rings. The van der Waals surface area contributed by atoms with Crippen LogP contribution in [0.3, 0.4) is 0 Å². The van der Waals surface area contributed by atoms with Crippen molar-refractivity contribution in [1.29, 1.82) is 0 Å². The van der Waals surface area contributed by atoms with E-state index in [0.29, 0.717) is 0 Å². The fourth-order valence-corrected chi connectivity index (χ4v) is 2.95. The average molecular weight is 274 g/mol. The van der Waals surface area contributed by atoms with Crippen LogP contribution in [0.5, 0.6) is 0 Å². The third-order valence-corrected chi connectivity index (χ3v) is 4.22. The zero-order chi connectivity index (χ0) is 14.5. The predicted molar refractivity (Wildman–Crippen MR) is 83.0 cm³/mol. The van der Waals surface area contributed by atoms with Gasteiger partial charge in [0.1, 0.15) is 0 Å². The second-order valence-electron chi connectivity index (χ2n) is 6.00. The minimum atomic E-state index is 0.137. The van der Waals surface area contributed by atoms with Crippen LogP contribution >= 0.6 is 0 Å². The highest BCUT2D eigenvalue weighted by atomic mass is 16.1. The lowest BCUT2D eigenvalue weighted by Crippen LogP contribution is -2.30. The summed E-state index contributed by atoms with van der Waals surface area (Å²) in [5, 5.41) is 0. The van der Waals surface area contributed by atoms with Crippen molar-refractivity contribution in [2.75, 3.05) is 33.2 Å². The maximum Gasteiger partial charge on any atom is 0.159 e. The van der Waals surface area contributed by atoms with Gasteiger partial charge in [0, 0.05) is 25.2 Å². The van der Waals surface area contributed by atoms with E-state index < -0.39 is 0 Å². The largest absolute Gasteiger partial charge is 0.306 e. The van der Waals surface area contributed by atoms with Gasteiger partial charge in [0.05, 0.1) is 0 Å². The van der Waals surface area contributed by atoms with Gasteiger partial charge in [-0.1, -0.05) is 31.2 Å². The fourth-order valence-electron chi connectivity index (χ4n) is 2.95. The van der Waals surface area contributed by atoms with Gasteiger partial charge in [0.25, 0.3) is 0 Å². The third-order valence-electron chi connectivity index (χ3n) is 4.22. The van der Waals surface area contributed by atoms with Gasteiger partial charge in [-0.15, -0.1) is 0 Å². The number of carbonyl (C=O) groups excluding carboxylic acids is 1. The molecule has 2 rings (SSSR count). The van der Waals surface area contributed by atoms with E-state index >= 15 is 0 Å². The van der Waals surface area contributed by atoms with Gasteiger partial charge < -0.3 is 4.90 Å². The summed E-state index contributed by atoms with van der Waals surface area (Å²) in [6.45, 7) is 9.53. The maximum atomic E-state index is 11.3. The molecule has 1 fully saturated rings. The summed E-state index contributed by atoms with van der Waals surface area (Å²) in [5.41, 5.74) is 2.09. The molecular weight excluding hydrogens is 248 g/mol. The highest BCUT2D eigenvalue weighted by molar-refractivity contribution is 5.93. The average Bonchev–Trinajstić information content (AvgIpc) is 2.84. The van der Waals surface area contributed by atoms with Crippen molar-refractivity contribution < 1.29 is 4.79 Å². The van der Waals surface area contributed by atoms with Crippen molar-refractivity contribution in [1.82, 2.24) is 9.80 Å². The SMILES string of the molecule is CCN(Cc1ccc(C(C)=O)cc1)C[C@@H]1CCN(C)C1. The number of benzene rings is 1. The van der Waals surface area contributed by atoms with Gasteiger partial charge in [-0.2, -0.15) is 0 Å². The first-order chi connectivity index (χ1) is 9.58. The molecule has 0 aliphatic carbocycles. The van der Waals surface area contributed by atoms with Crippen molar-refractivity contribution >= 4 is 5.78 Å². The molecule has 3 heteroatoms. The van der Waals surface area contributed by atoms with E-state index in [1.54, 1.807) is 6.92 Å². The molecule has 0 N–H and O–H groups in total. The summed E-state index contributed by atoms with van der Waals surface area (Å²) in [7, 11) is 2.21. The Bertz CT molecular complexity index is 441. The predicted octanol–water partition coefficient (Wildman–Crippen LogP) is 2.66. The second kappa shape index (κ2) is 7.00. The molecule has 0 aromatic heterocycles. The van der Waals surface area contributed by atoms with Crippen molar-refractivity contribution in [3.8, 4) is 0 Å². The van der Waals surface area contributed by atoms with Crippen LogP contribution in [0.2, 0.25) is 0 Å². The van der Waals surface area contributed by atoms with Crippen molar-refractivity contribution in [2.24, 2.45) is 5.92 Å². The van der Waals surface area contributed by atoms with Crippen molar-refractivity contribution in [2.45, 2.75) is 26.8 Å². The molecule has 1 aromatic carbocycles. The molecule has 1 aliphatic heterocycles. The molecular formula is C17H26N2O. The van der Waals surface area contributed by atoms with Crippen LogP contribution in [-0.4, -0.2) is 48.8 Å². The number of hydrogen-bond acceptors (Lipinski definition) is 3. The summed E-state index contributed by atoms with van der Waals surface area (Å²) >= 11 is 0. The smallest absolute Gasteiger partial charge is 0.159 e. The van der Waals surface area contributed by atoms with Gasteiger partial charge in [-0.05, 0) is 45.0 Å². The van der Waals surface area contributed by atoms with E-state index in [-0.39, 0.29) is 5.78 Å². The minimum Gasteiger partial charge on any atom is -0.306 e. The molecule has 0 unspecified atom stereocenters. The molecule has 20 heavy (non-hydrogen) atoms. The molecule has 0 bridgehead atoms. The molecule has 1 saturated heterocycles. The van der Waals surface area contributed by atoms with Gasteiger partial charge in [-0.3, -0.25) is 9.69 Å². The lowest BCUT2D eigenvalue weighted by Gasteiger charge is -2.24. The zero-order valence-electron chi connectivity index (χ0n) is 12.9. The first-order valence-corrected chi connectivity index (χ1v) is 7.59. The fraction of sp³-hybridized carbons (Fsp3) is 0.588. The molecule has 0 radical (unpaired) electrons. The van der Waals surface area contributed by atoms with E-state index in [0.717, 1.165) is 24.6 Å². The Labute approximate surface area is 122 Å². The molecule has 0 amide bonds. The lowest BCUT2D eigenvalue weighted by atomic mass is 10.1. The Morgan fingerprint density at radius 3 is 2.55 bits per heavy atom. The van der Waals surface area contributed by atoms with Gasteiger partial charge >= 0.3 is 0 Å². The van der Waals surface area contributed by atoms with E-state index in [1.165, 1.54) is 31.6 Å². The van der Waals surface area contributed by atoms with E-state index in [2.05, 4.69) is 35.9 Å². The number of nitrogens with zero attached hydrogens (tertiary/aromatic N) is 2. The summed E-state index contributed by atoms with van der Waals surface area (Å²) in [6, 6.07) is 8.05. The molecule has 3 nitrogen and oxygen atoms in total. The monoisotopic (exact) mass is 274 g/mol. The van der Waals surface area contributed by atoms with Crippen molar-refractivity contribution in [3.63, 3.8) is 0 Å². The third kappa shape index (κ3) is 4.15. The van der Waals surface area contributed by atoms with Gasteiger partial charge in [0.2, 0.25) is 0 Å². The van der Waals surface area contributed by atoms with Crippen LogP contribution in [0.1, 0.15) is 36.2 Å². The molecule has 1 atom stereocenters. The van der Waals surface area contributed by atoms with Gasteiger partial charge in [-0.25, -0.2) is 0 Å². The molecule has 1 heterocycles. The summed E-state index contributed by atoms with van der Waals surface area (Å²) in [5.74, 6) is 0.939. The van der Waals surface area contributed by atoms with Gasteiger partial charge in [0.15, 0.2) is 5.78 Å². The van der Waals surface area contributed by atoms with Crippen LogP contribution in [0.15, 0.2) is 24.3 Å². The first kappa shape index (κ1) is 15.2. The summed E-state index contributed by atoms with van der Waals surface area (Å²) in [4.78, 5) is 16.2. The molecule has 0 spiro atoms. The second-order valence-corrected chi connectivity index (χ2v) is 6.00. The first-order valence-electron chi connectivity index (χ1n) is 7.59. The Hall–Kier alpha value is -1.19. The Morgan fingerprint density at radius 1 is 1.35 bits per heavy atom. The van der Waals surface area contributed by atoms with Crippen LogP contribution in [0.4, 0.5) is 0 Å². The van der Waals surface area contributed by atoms with E-state index in [9.17, 15) is 4.79 Å². The van der Waals surface area contributed by atoms with E-state index in [4.69, 9.17) is 0 Å². The quantitative estimate of drug-likeness (QED) is 0.745. The normalized spacial score (nSPS) is 19.7. The van der Waals surface area contributed by atoms with E-state index in [1.807, 2.05) is 12.1 Å². The zero-order valence-corrected chi connectivity index (χ0v) is 12.9. The lowest BCUT2D eigenvalue weighted by molar-refractivity contribution is 0.101. The number of carbonyl (C=O) groups is 1. The highest BCUT2D eigenvalue weighted by Crippen LogP contribution is 2.17. The van der Waals surface area contributed by atoms with Crippen LogP contribution in [-0.2, 0) is 6.54 Å². The number of Topliss-reactive ketones (excluding diaryl/α,β-unsaturated/α-hetero) is 1. The number of rotatable bonds is 6. The minimum absolute atomic E-state index is 0.137. The van der Waals surface area contributed by atoms with Crippen molar-refractivity contribution in [3.05, 3.63) is 35.4 Å². The van der Waals surface area contributed by atoms with Crippen LogP contribution < -0.4 is 0 Å².